The summed E-state index contributed by atoms with van der Waals surface area (Å²) in [6.07, 6.45) is -2.29. The van der Waals surface area contributed by atoms with Crippen LogP contribution in [0.5, 0.6) is 0 Å². The van der Waals surface area contributed by atoms with Gasteiger partial charge in [-0.2, -0.15) is 0 Å². The van der Waals surface area contributed by atoms with E-state index in [0.29, 0.717) is 30.2 Å². The number of halogens is 4. The van der Waals surface area contributed by atoms with E-state index < -0.39 is 6.36 Å². The molecule has 0 spiro atoms. The van der Waals surface area contributed by atoms with Crippen LogP contribution in [0.4, 0.5) is 13.2 Å². The van der Waals surface area contributed by atoms with Crippen molar-refractivity contribution in [3.8, 4) is 0 Å². The standard InChI is InChI=1S/C12H14BrF3N2O2/c13-11-9(10(20-17-11)8-1-2-8)5-18-3-7(4-18)6-19-12(14,15)16/h7-8H,1-6H2. The molecule has 1 aromatic heterocycles. The van der Waals surface area contributed by atoms with Crippen molar-refractivity contribution in [1.29, 1.82) is 0 Å². The zero-order chi connectivity index (χ0) is 14.3. The molecule has 20 heavy (non-hydrogen) atoms. The fourth-order valence-electron chi connectivity index (χ4n) is 2.46. The molecule has 0 bridgehead atoms. The second kappa shape index (κ2) is 5.31. The van der Waals surface area contributed by atoms with Crippen molar-refractivity contribution in [3.05, 3.63) is 15.9 Å². The number of likely N-dealkylation sites (tertiary alicyclic amines) is 1. The minimum Gasteiger partial charge on any atom is -0.360 e. The maximum absolute atomic E-state index is 11.9. The molecule has 1 aromatic rings. The summed E-state index contributed by atoms with van der Waals surface area (Å²) in [6.45, 7) is 1.62. The van der Waals surface area contributed by atoms with Crippen LogP contribution < -0.4 is 0 Å². The first-order valence-corrected chi connectivity index (χ1v) is 7.28. The first-order valence-electron chi connectivity index (χ1n) is 6.49. The average Bonchev–Trinajstić information content (AvgIpc) is 3.07. The van der Waals surface area contributed by atoms with Crippen LogP contribution in [0.3, 0.4) is 0 Å². The van der Waals surface area contributed by atoms with E-state index in [9.17, 15) is 13.2 Å². The molecule has 2 fully saturated rings. The minimum absolute atomic E-state index is 0.0559. The van der Waals surface area contributed by atoms with E-state index in [1.807, 2.05) is 0 Å². The third kappa shape index (κ3) is 3.35. The van der Waals surface area contributed by atoms with Crippen LogP contribution in [0.25, 0.3) is 0 Å². The van der Waals surface area contributed by atoms with E-state index in [1.54, 1.807) is 0 Å². The topological polar surface area (TPSA) is 38.5 Å². The molecule has 2 aliphatic rings. The smallest absolute Gasteiger partial charge is 0.360 e. The number of ether oxygens (including phenoxy) is 1. The second-order valence-corrected chi connectivity index (χ2v) is 6.16. The van der Waals surface area contributed by atoms with Gasteiger partial charge in [0.25, 0.3) is 0 Å². The average molecular weight is 355 g/mol. The number of nitrogens with zero attached hydrogens (tertiary/aromatic N) is 2. The molecule has 1 saturated heterocycles. The van der Waals surface area contributed by atoms with E-state index in [4.69, 9.17) is 4.52 Å². The van der Waals surface area contributed by atoms with Crippen molar-refractivity contribution in [2.24, 2.45) is 5.92 Å². The zero-order valence-electron chi connectivity index (χ0n) is 10.6. The third-order valence-corrected chi connectivity index (χ3v) is 4.24. The summed E-state index contributed by atoms with van der Waals surface area (Å²) in [4.78, 5) is 2.08. The molecule has 8 heteroatoms. The van der Waals surface area contributed by atoms with Crippen molar-refractivity contribution in [2.75, 3.05) is 19.7 Å². The van der Waals surface area contributed by atoms with Crippen molar-refractivity contribution in [1.82, 2.24) is 10.1 Å². The van der Waals surface area contributed by atoms with Crippen LogP contribution in [0.2, 0.25) is 0 Å². The van der Waals surface area contributed by atoms with E-state index in [1.165, 1.54) is 0 Å². The predicted molar refractivity (Wildman–Crippen MR) is 67.0 cm³/mol. The van der Waals surface area contributed by atoms with Crippen molar-refractivity contribution < 1.29 is 22.4 Å². The second-order valence-electron chi connectivity index (χ2n) is 5.41. The molecule has 4 nitrogen and oxygen atoms in total. The van der Waals surface area contributed by atoms with Crippen molar-refractivity contribution in [2.45, 2.75) is 31.7 Å². The van der Waals surface area contributed by atoms with E-state index in [0.717, 1.165) is 24.2 Å². The fourth-order valence-corrected chi connectivity index (χ4v) is 2.85. The minimum atomic E-state index is -4.53. The number of rotatable bonds is 5. The van der Waals surface area contributed by atoms with E-state index >= 15 is 0 Å². The van der Waals surface area contributed by atoms with Crippen LogP contribution in [0.1, 0.15) is 30.1 Å². The summed E-state index contributed by atoms with van der Waals surface area (Å²) < 4.78 is 45.6. The normalized spacial score (nSPS) is 21.2. The van der Waals surface area contributed by atoms with Crippen LogP contribution >= 0.6 is 15.9 Å². The maximum Gasteiger partial charge on any atom is 0.522 e. The van der Waals surface area contributed by atoms with Crippen LogP contribution in [-0.2, 0) is 11.3 Å². The first-order chi connectivity index (χ1) is 9.42. The Morgan fingerprint density at radius 3 is 2.65 bits per heavy atom. The van der Waals surface area contributed by atoms with Gasteiger partial charge in [0, 0.05) is 37.0 Å². The summed E-state index contributed by atoms with van der Waals surface area (Å²) in [6, 6.07) is 0. The lowest BCUT2D eigenvalue weighted by Gasteiger charge is -2.39. The summed E-state index contributed by atoms with van der Waals surface area (Å²) in [5.41, 5.74) is 1.03. The van der Waals surface area contributed by atoms with Gasteiger partial charge in [-0.1, -0.05) is 5.16 Å². The molecule has 2 heterocycles. The third-order valence-electron chi connectivity index (χ3n) is 3.62. The highest BCUT2D eigenvalue weighted by Crippen LogP contribution is 2.43. The SMILES string of the molecule is FC(F)(F)OCC1CN(Cc2c(Br)noc2C2CC2)C1. The van der Waals surface area contributed by atoms with Crippen molar-refractivity contribution >= 4 is 15.9 Å². The van der Waals surface area contributed by atoms with Gasteiger partial charge >= 0.3 is 6.36 Å². The highest BCUT2D eigenvalue weighted by molar-refractivity contribution is 9.10. The van der Waals surface area contributed by atoms with Gasteiger partial charge in [-0.05, 0) is 28.8 Å². The Morgan fingerprint density at radius 2 is 2.05 bits per heavy atom. The lowest BCUT2D eigenvalue weighted by Crippen LogP contribution is -2.48. The quantitative estimate of drug-likeness (QED) is 0.813. The summed E-state index contributed by atoms with van der Waals surface area (Å²) in [5, 5.41) is 3.92. The van der Waals surface area contributed by atoms with Crippen molar-refractivity contribution in [3.63, 3.8) is 0 Å². The zero-order valence-corrected chi connectivity index (χ0v) is 12.2. The molecule has 0 N–H and O–H groups in total. The molecule has 1 aliphatic carbocycles. The largest absolute Gasteiger partial charge is 0.522 e. The van der Waals surface area contributed by atoms with Crippen LogP contribution in [0.15, 0.2) is 9.13 Å². The Bertz CT molecular complexity index is 482. The monoisotopic (exact) mass is 354 g/mol. The summed E-state index contributed by atoms with van der Waals surface area (Å²) in [7, 11) is 0. The highest BCUT2D eigenvalue weighted by Gasteiger charge is 2.36. The first kappa shape index (κ1) is 14.3. The van der Waals surface area contributed by atoms with E-state index in [2.05, 4.69) is 30.7 Å². The summed E-state index contributed by atoms with van der Waals surface area (Å²) in [5.74, 6) is 1.33. The van der Waals surface area contributed by atoms with Crippen LogP contribution in [-0.4, -0.2) is 36.1 Å². The van der Waals surface area contributed by atoms with Gasteiger partial charge in [0.2, 0.25) is 0 Å². The maximum atomic E-state index is 11.9. The van der Waals surface area contributed by atoms with Gasteiger partial charge in [-0.3, -0.25) is 9.64 Å². The number of alkyl halides is 3. The molecule has 0 aromatic carbocycles. The Balaban J connectivity index is 1.48. The van der Waals surface area contributed by atoms with Gasteiger partial charge < -0.3 is 4.52 Å². The Kier molecular flexibility index (Phi) is 3.81. The number of hydrogen-bond acceptors (Lipinski definition) is 4. The number of hydrogen-bond donors (Lipinski definition) is 0. The molecular formula is C12H14BrF3N2O2. The van der Waals surface area contributed by atoms with Crippen LogP contribution in [0, 0.1) is 5.92 Å². The molecule has 112 valence electrons. The molecule has 0 atom stereocenters. The van der Waals surface area contributed by atoms with Gasteiger partial charge in [0.15, 0.2) is 4.60 Å². The molecular weight excluding hydrogens is 341 g/mol. The molecule has 1 aliphatic heterocycles. The lowest BCUT2D eigenvalue weighted by molar-refractivity contribution is -0.331. The molecule has 0 radical (unpaired) electrons. The molecule has 3 rings (SSSR count). The number of aromatic nitrogens is 1. The Morgan fingerprint density at radius 1 is 1.35 bits per heavy atom. The highest BCUT2D eigenvalue weighted by atomic mass is 79.9. The Hall–Kier alpha value is -0.600. The van der Waals surface area contributed by atoms with Gasteiger partial charge in [0.1, 0.15) is 5.76 Å². The summed E-state index contributed by atoms with van der Waals surface area (Å²) >= 11 is 3.36. The van der Waals surface area contributed by atoms with Gasteiger partial charge in [-0.25, -0.2) is 0 Å². The lowest BCUT2D eigenvalue weighted by atomic mass is 10.0. The van der Waals surface area contributed by atoms with E-state index in [-0.39, 0.29) is 12.5 Å². The molecule has 1 saturated carbocycles. The molecule has 0 unspecified atom stereocenters. The van der Waals surface area contributed by atoms with Gasteiger partial charge in [-0.15, -0.1) is 13.2 Å². The fraction of sp³-hybridized carbons (Fsp3) is 0.750. The molecule has 0 amide bonds. The van der Waals surface area contributed by atoms with Gasteiger partial charge in [0.05, 0.1) is 6.61 Å². The Labute approximate surface area is 122 Å². The predicted octanol–water partition coefficient (Wildman–Crippen LogP) is 3.28.